The Bertz CT molecular complexity index is 378. The van der Waals surface area contributed by atoms with Crippen molar-refractivity contribution in [1.82, 2.24) is 4.90 Å². The third kappa shape index (κ3) is 3.21. The zero-order valence-corrected chi connectivity index (χ0v) is 11.0. The molecule has 1 aliphatic heterocycles. The van der Waals surface area contributed by atoms with Gasteiger partial charge in [0, 0.05) is 30.4 Å². The van der Waals surface area contributed by atoms with E-state index in [-0.39, 0.29) is 12.4 Å². The molecule has 1 aliphatic rings. The Kier molecular flexibility index (Phi) is 4.42. The predicted octanol–water partition coefficient (Wildman–Crippen LogP) is 2.22. The van der Waals surface area contributed by atoms with Gasteiger partial charge in [-0.1, -0.05) is 12.1 Å². The lowest BCUT2D eigenvalue weighted by Gasteiger charge is -2.23. The van der Waals surface area contributed by atoms with Crippen molar-refractivity contribution < 1.29 is 4.39 Å². The standard InChI is InChI=1S/C13H19FN2S/c1-16(12-4-5-17-9-12)8-10-2-3-13(14)11(6-10)7-15/h2-3,6,12H,4-5,7-9,15H2,1H3. The van der Waals surface area contributed by atoms with Gasteiger partial charge in [0.15, 0.2) is 0 Å². The van der Waals surface area contributed by atoms with Gasteiger partial charge in [-0.2, -0.15) is 11.8 Å². The van der Waals surface area contributed by atoms with Crippen LogP contribution in [0.5, 0.6) is 0 Å². The van der Waals surface area contributed by atoms with Gasteiger partial charge in [-0.25, -0.2) is 4.39 Å². The van der Waals surface area contributed by atoms with Crippen LogP contribution >= 0.6 is 11.8 Å². The number of halogens is 1. The maximum absolute atomic E-state index is 13.3. The van der Waals surface area contributed by atoms with Crippen molar-refractivity contribution in [3.8, 4) is 0 Å². The third-order valence-corrected chi connectivity index (χ3v) is 4.44. The van der Waals surface area contributed by atoms with Crippen LogP contribution in [0.3, 0.4) is 0 Å². The summed E-state index contributed by atoms with van der Waals surface area (Å²) in [6, 6.07) is 5.92. The van der Waals surface area contributed by atoms with Crippen LogP contribution in [-0.2, 0) is 13.1 Å². The molecule has 94 valence electrons. The van der Waals surface area contributed by atoms with E-state index in [1.165, 1.54) is 24.0 Å². The Hall–Kier alpha value is -0.580. The first kappa shape index (κ1) is 12.9. The van der Waals surface area contributed by atoms with Crippen molar-refractivity contribution in [3.05, 3.63) is 35.1 Å². The van der Waals surface area contributed by atoms with Crippen LogP contribution in [-0.4, -0.2) is 29.5 Å². The summed E-state index contributed by atoms with van der Waals surface area (Å²) in [6.45, 7) is 1.14. The molecular weight excluding hydrogens is 235 g/mol. The lowest BCUT2D eigenvalue weighted by Crippen LogP contribution is -2.30. The molecule has 0 amide bonds. The molecule has 0 radical (unpaired) electrons. The van der Waals surface area contributed by atoms with Crippen molar-refractivity contribution in [2.75, 3.05) is 18.6 Å². The van der Waals surface area contributed by atoms with Crippen molar-refractivity contribution >= 4 is 11.8 Å². The highest BCUT2D eigenvalue weighted by atomic mass is 32.2. The number of hydrogen-bond acceptors (Lipinski definition) is 3. The van der Waals surface area contributed by atoms with Gasteiger partial charge in [0.25, 0.3) is 0 Å². The zero-order valence-electron chi connectivity index (χ0n) is 10.2. The number of nitrogens with two attached hydrogens (primary N) is 1. The summed E-state index contributed by atoms with van der Waals surface area (Å²) < 4.78 is 13.3. The summed E-state index contributed by atoms with van der Waals surface area (Å²) in [5, 5.41) is 0. The smallest absolute Gasteiger partial charge is 0.127 e. The number of nitrogens with zero attached hydrogens (tertiary/aromatic N) is 1. The molecule has 0 spiro atoms. The van der Waals surface area contributed by atoms with Gasteiger partial charge in [-0.15, -0.1) is 0 Å². The molecule has 1 unspecified atom stereocenters. The first-order valence-electron chi connectivity index (χ1n) is 5.96. The van der Waals surface area contributed by atoms with E-state index in [2.05, 4.69) is 11.9 Å². The van der Waals surface area contributed by atoms with E-state index in [9.17, 15) is 4.39 Å². The average Bonchev–Trinajstić information content (AvgIpc) is 2.85. The average molecular weight is 254 g/mol. The van der Waals surface area contributed by atoms with Gasteiger partial charge in [-0.3, -0.25) is 4.90 Å². The maximum atomic E-state index is 13.3. The lowest BCUT2D eigenvalue weighted by molar-refractivity contribution is 0.254. The van der Waals surface area contributed by atoms with E-state index >= 15 is 0 Å². The highest BCUT2D eigenvalue weighted by molar-refractivity contribution is 7.99. The highest BCUT2D eigenvalue weighted by Crippen LogP contribution is 2.23. The summed E-state index contributed by atoms with van der Waals surface area (Å²) in [4.78, 5) is 2.35. The van der Waals surface area contributed by atoms with E-state index in [0.717, 1.165) is 12.1 Å². The van der Waals surface area contributed by atoms with Crippen LogP contribution in [0.25, 0.3) is 0 Å². The topological polar surface area (TPSA) is 29.3 Å². The van der Waals surface area contributed by atoms with Crippen molar-refractivity contribution in [3.63, 3.8) is 0 Å². The van der Waals surface area contributed by atoms with Gasteiger partial charge in [0.05, 0.1) is 0 Å². The third-order valence-electron chi connectivity index (χ3n) is 3.29. The molecule has 0 bridgehead atoms. The highest BCUT2D eigenvalue weighted by Gasteiger charge is 2.20. The molecular formula is C13H19FN2S. The fourth-order valence-corrected chi connectivity index (χ4v) is 3.47. The van der Waals surface area contributed by atoms with Gasteiger partial charge in [-0.05, 0) is 30.9 Å². The number of hydrogen-bond donors (Lipinski definition) is 1. The minimum atomic E-state index is -0.199. The minimum absolute atomic E-state index is 0.199. The molecule has 1 fully saturated rings. The molecule has 2 nitrogen and oxygen atoms in total. The first-order valence-corrected chi connectivity index (χ1v) is 7.11. The van der Waals surface area contributed by atoms with Crippen LogP contribution < -0.4 is 5.73 Å². The maximum Gasteiger partial charge on any atom is 0.127 e. The van der Waals surface area contributed by atoms with Crippen molar-refractivity contribution in [2.45, 2.75) is 25.6 Å². The second-order valence-corrected chi connectivity index (χ2v) is 5.71. The Morgan fingerprint density at radius 3 is 3.00 bits per heavy atom. The SMILES string of the molecule is CN(Cc1ccc(F)c(CN)c1)C1CCSC1. The molecule has 2 N–H and O–H groups in total. The summed E-state index contributed by atoms with van der Waals surface area (Å²) in [7, 11) is 2.14. The molecule has 4 heteroatoms. The molecule has 0 saturated carbocycles. The molecule has 2 rings (SSSR count). The Labute approximate surface area is 106 Å². The number of benzene rings is 1. The van der Waals surface area contributed by atoms with E-state index < -0.39 is 0 Å². The van der Waals surface area contributed by atoms with Crippen LogP contribution in [0.2, 0.25) is 0 Å². The minimum Gasteiger partial charge on any atom is -0.326 e. The summed E-state index contributed by atoms with van der Waals surface area (Å²) in [5.41, 5.74) is 7.27. The van der Waals surface area contributed by atoms with Crippen LogP contribution in [0.15, 0.2) is 18.2 Å². The molecule has 1 saturated heterocycles. The normalized spacial score (nSPS) is 20.1. The number of rotatable bonds is 4. The monoisotopic (exact) mass is 254 g/mol. The molecule has 0 aromatic heterocycles. The van der Waals surface area contributed by atoms with E-state index in [4.69, 9.17) is 5.73 Å². The molecule has 1 aromatic carbocycles. The molecule has 1 aromatic rings. The number of thioether (sulfide) groups is 1. The second kappa shape index (κ2) is 5.85. The lowest BCUT2D eigenvalue weighted by atomic mass is 10.1. The first-order chi connectivity index (χ1) is 8.20. The summed E-state index contributed by atoms with van der Waals surface area (Å²) in [6.07, 6.45) is 1.26. The van der Waals surface area contributed by atoms with E-state index in [1.54, 1.807) is 0 Å². The van der Waals surface area contributed by atoms with Gasteiger partial charge in [0.1, 0.15) is 5.82 Å². The quantitative estimate of drug-likeness (QED) is 0.893. The largest absolute Gasteiger partial charge is 0.326 e. The van der Waals surface area contributed by atoms with Crippen LogP contribution in [0, 0.1) is 5.82 Å². The summed E-state index contributed by atoms with van der Waals surface area (Å²) in [5.74, 6) is 2.27. The van der Waals surface area contributed by atoms with Gasteiger partial charge < -0.3 is 5.73 Å². The van der Waals surface area contributed by atoms with Crippen molar-refractivity contribution in [2.24, 2.45) is 5.73 Å². The van der Waals surface area contributed by atoms with Crippen LogP contribution in [0.1, 0.15) is 17.5 Å². The predicted molar refractivity (Wildman–Crippen MR) is 71.5 cm³/mol. The molecule has 1 atom stereocenters. The second-order valence-electron chi connectivity index (χ2n) is 4.56. The molecule has 1 heterocycles. The summed E-state index contributed by atoms with van der Waals surface area (Å²) >= 11 is 2.01. The van der Waals surface area contributed by atoms with Crippen molar-refractivity contribution in [1.29, 1.82) is 0 Å². The van der Waals surface area contributed by atoms with Crippen LogP contribution in [0.4, 0.5) is 4.39 Å². The Balaban J connectivity index is 2.02. The Morgan fingerprint density at radius 2 is 2.35 bits per heavy atom. The molecule has 17 heavy (non-hydrogen) atoms. The van der Waals surface area contributed by atoms with Gasteiger partial charge >= 0.3 is 0 Å². The van der Waals surface area contributed by atoms with Gasteiger partial charge in [0.2, 0.25) is 0 Å². The Morgan fingerprint density at radius 1 is 1.53 bits per heavy atom. The fraction of sp³-hybridized carbons (Fsp3) is 0.538. The fourth-order valence-electron chi connectivity index (χ4n) is 2.17. The molecule has 0 aliphatic carbocycles. The van der Waals surface area contributed by atoms with E-state index in [0.29, 0.717) is 11.6 Å². The zero-order chi connectivity index (χ0) is 12.3. The van der Waals surface area contributed by atoms with E-state index in [1.807, 2.05) is 23.9 Å².